The molecule has 5 rings (SSSR count). The van der Waals surface area contributed by atoms with Crippen LogP contribution in [-0.4, -0.2) is 70.3 Å². The summed E-state index contributed by atoms with van der Waals surface area (Å²) in [6, 6.07) is 25.2. The van der Waals surface area contributed by atoms with Gasteiger partial charge in [0.05, 0.1) is 6.33 Å². The zero-order valence-corrected chi connectivity index (χ0v) is 23.3. The van der Waals surface area contributed by atoms with Gasteiger partial charge in [0.15, 0.2) is 5.69 Å². The zero-order valence-electron chi connectivity index (χ0n) is 23.3. The molecule has 42 heavy (non-hydrogen) atoms. The number of likely N-dealkylation sites (N-methyl/N-ethyl adjacent to an activating group) is 1. The first-order valence-electron chi connectivity index (χ1n) is 13.8. The van der Waals surface area contributed by atoms with Crippen LogP contribution in [0.1, 0.15) is 33.1 Å². The summed E-state index contributed by atoms with van der Waals surface area (Å²) in [6.07, 6.45) is 2.12. The van der Waals surface area contributed by atoms with Gasteiger partial charge in [-0.1, -0.05) is 78.9 Å². The van der Waals surface area contributed by atoms with Crippen molar-refractivity contribution >= 4 is 18.0 Å². The highest BCUT2D eigenvalue weighted by atomic mass is 16.5. The van der Waals surface area contributed by atoms with Crippen LogP contribution < -0.4 is 10.6 Å². The lowest BCUT2D eigenvalue weighted by Gasteiger charge is -2.25. The summed E-state index contributed by atoms with van der Waals surface area (Å²) in [5.74, 6) is -1.59. The molecule has 0 bridgehead atoms. The standard InChI is InChI=1S/C32H33N5O5/c1-36(17-22-9-3-2-4-10-22)18-28(30(38)33-15-16-37-19-29(31(39)40)34-21-37)35-32(41)42-20-27-25-13-7-5-11-23(25)24-12-6-8-14-26(24)27/h2-14,19,21,27-28H,15-18,20H2,1H3,(H,33,38)(H,35,41)(H,39,40). The minimum atomic E-state index is -1.12. The van der Waals surface area contributed by atoms with E-state index >= 15 is 0 Å². The van der Waals surface area contributed by atoms with Crippen LogP contribution in [0.4, 0.5) is 4.79 Å². The van der Waals surface area contributed by atoms with Gasteiger partial charge in [-0.15, -0.1) is 0 Å². The predicted molar refractivity (Wildman–Crippen MR) is 157 cm³/mol. The number of amides is 2. The third kappa shape index (κ3) is 6.84. The van der Waals surface area contributed by atoms with E-state index in [1.807, 2.05) is 66.5 Å². The van der Waals surface area contributed by atoms with E-state index < -0.39 is 18.1 Å². The molecule has 1 unspecified atom stereocenters. The van der Waals surface area contributed by atoms with Crippen LogP contribution in [0.25, 0.3) is 11.1 Å². The first-order valence-corrected chi connectivity index (χ1v) is 13.8. The molecule has 216 valence electrons. The summed E-state index contributed by atoms with van der Waals surface area (Å²) in [5, 5.41) is 14.7. The molecule has 3 aromatic carbocycles. The molecule has 0 saturated heterocycles. The summed E-state index contributed by atoms with van der Waals surface area (Å²) >= 11 is 0. The quantitative estimate of drug-likeness (QED) is 0.238. The Balaban J connectivity index is 1.22. The van der Waals surface area contributed by atoms with E-state index in [-0.39, 0.29) is 37.2 Å². The van der Waals surface area contributed by atoms with Crippen molar-refractivity contribution < 1.29 is 24.2 Å². The third-order valence-electron chi connectivity index (χ3n) is 7.26. The molecule has 10 heteroatoms. The SMILES string of the molecule is CN(Cc1ccccc1)CC(NC(=O)OCC1c2ccccc2-c2ccccc21)C(=O)NCCn1cnc(C(=O)O)c1. The molecular weight excluding hydrogens is 534 g/mol. The van der Waals surface area contributed by atoms with Crippen molar-refractivity contribution in [1.82, 2.24) is 25.1 Å². The lowest BCUT2D eigenvalue weighted by atomic mass is 9.98. The highest BCUT2D eigenvalue weighted by molar-refractivity contribution is 5.86. The molecule has 1 aliphatic rings. The van der Waals surface area contributed by atoms with E-state index in [0.29, 0.717) is 13.1 Å². The Hall–Kier alpha value is -4.96. The van der Waals surface area contributed by atoms with Gasteiger partial charge < -0.3 is 25.0 Å². The molecule has 2 amide bonds. The van der Waals surface area contributed by atoms with E-state index in [1.165, 1.54) is 12.5 Å². The van der Waals surface area contributed by atoms with Crippen molar-refractivity contribution in [3.63, 3.8) is 0 Å². The predicted octanol–water partition coefficient (Wildman–Crippen LogP) is 3.74. The Labute approximate surface area is 244 Å². The lowest BCUT2D eigenvalue weighted by Crippen LogP contribution is -2.52. The molecule has 0 spiro atoms. The van der Waals surface area contributed by atoms with Crippen molar-refractivity contribution in [1.29, 1.82) is 0 Å². The average Bonchev–Trinajstić information content (AvgIpc) is 3.59. The van der Waals surface area contributed by atoms with E-state index in [9.17, 15) is 14.4 Å². The van der Waals surface area contributed by atoms with Gasteiger partial charge in [-0.2, -0.15) is 0 Å². The molecule has 0 saturated carbocycles. The number of aromatic nitrogens is 2. The third-order valence-corrected chi connectivity index (χ3v) is 7.26. The lowest BCUT2D eigenvalue weighted by molar-refractivity contribution is -0.123. The van der Waals surface area contributed by atoms with Gasteiger partial charge in [-0.25, -0.2) is 14.6 Å². The monoisotopic (exact) mass is 567 g/mol. The number of carbonyl (C=O) groups is 3. The topological polar surface area (TPSA) is 126 Å². The molecule has 1 aliphatic carbocycles. The van der Waals surface area contributed by atoms with Gasteiger partial charge in [0.25, 0.3) is 0 Å². The van der Waals surface area contributed by atoms with Gasteiger partial charge >= 0.3 is 12.1 Å². The van der Waals surface area contributed by atoms with Gasteiger partial charge in [0.2, 0.25) is 5.91 Å². The fraction of sp³-hybridized carbons (Fsp3) is 0.250. The van der Waals surface area contributed by atoms with Crippen LogP contribution in [0.2, 0.25) is 0 Å². The smallest absolute Gasteiger partial charge is 0.407 e. The normalized spacial score (nSPS) is 12.8. The van der Waals surface area contributed by atoms with Crippen molar-refractivity contribution in [2.75, 3.05) is 26.7 Å². The van der Waals surface area contributed by atoms with Crippen LogP contribution in [0, 0.1) is 0 Å². The number of alkyl carbamates (subject to hydrolysis) is 1. The molecule has 0 aliphatic heterocycles. The van der Waals surface area contributed by atoms with E-state index in [4.69, 9.17) is 9.84 Å². The molecule has 0 radical (unpaired) electrons. The Kier molecular flexibility index (Phi) is 8.93. The molecule has 4 aromatic rings. The fourth-order valence-electron chi connectivity index (χ4n) is 5.27. The molecule has 3 N–H and O–H groups in total. The number of fused-ring (bicyclic) bond motifs is 3. The van der Waals surface area contributed by atoms with Crippen molar-refractivity contribution in [2.45, 2.75) is 25.0 Å². The summed E-state index contributed by atoms with van der Waals surface area (Å²) in [6.45, 7) is 1.52. The van der Waals surface area contributed by atoms with Crippen LogP contribution in [0.15, 0.2) is 91.4 Å². The number of carbonyl (C=O) groups excluding carboxylic acids is 2. The highest BCUT2D eigenvalue weighted by Crippen LogP contribution is 2.44. The maximum Gasteiger partial charge on any atom is 0.407 e. The van der Waals surface area contributed by atoms with Crippen molar-refractivity contribution in [2.24, 2.45) is 0 Å². The van der Waals surface area contributed by atoms with Crippen molar-refractivity contribution in [3.05, 3.63) is 114 Å². The molecular formula is C32H33N5O5. The number of hydrogen-bond donors (Lipinski definition) is 3. The molecule has 0 fully saturated rings. The number of hydrogen-bond acceptors (Lipinski definition) is 6. The molecule has 1 aromatic heterocycles. The van der Waals surface area contributed by atoms with Gasteiger partial charge in [-0.3, -0.25) is 9.69 Å². The maximum atomic E-state index is 13.2. The maximum absolute atomic E-state index is 13.2. The van der Waals surface area contributed by atoms with E-state index in [1.54, 1.807) is 4.57 Å². The van der Waals surface area contributed by atoms with Gasteiger partial charge in [0.1, 0.15) is 12.6 Å². The Morgan fingerprint density at radius 2 is 1.62 bits per heavy atom. The Bertz CT molecular complexity index is 1510. The summed E-state index contributed by atoms with van der Waals surface area (Å²) in [4.78, 5) is 43.1. The minimum Gasteiger partial charge on any atom is -0.476 e. The largest absolute Gasteiger partial charge is 0.476 e. The van der Waals surface area contributed by atoms with Crippen molar-refractivity contribution in [3.8, 4) is 11.1 Å². The number of aromatic carboxylic acids is 1. The second-order valence-electron chi connectivity index (χ2n) is 10.3. The number of imidazole rings is 1. The molecule has 1 atom stereocenters. The van der Waals surface area contributed by atoms with E-state index in [0.717, 1.165) is 27.8 Å². The first-order chi connectivity index (χ1) is 20.4. The van der Waals surface area contributed by atoms with Crippen LogP contribution in [-0.2, 0) is 22.6 Å². The first kappa shape index (κ1) is 28.6. The number of carboxylic acids is 1. The van der Waals surface area contributed by atoms with E-state index in [2.05, 4.69) is 39.9 Å². The average molecular weight is 568 g/mol. The molecule has 1 heterocycles. The second kappa shape index (κ2) is 13.1. The summed E-state index contributed by atoms with van der Waals surface area (Å²) < 4.78 is 7.29. The second-order valence-corrected chi connectivity index (χ2v) is 10.3. The number of carboxylic acid groups (broad SMARTS) is 1. The van der Waals surface area contributed by atoms with Crippen LogP contribution in [0.3, 0.4) is 0 Å². The zero-order chi connectivity index (χ0) is 29.5. The Morgan fingerprint density at radius 3 is 2.26 bits per heavy atom. The number of nitrogens with zero attached hydrogens (tertiary/aromatic N) is 3. The number of rotatable bonds is 12. The Morgan fingerprint density at radius 1 is 0.976 bits per heavy atom. The molecule has 10 nitrogen and oxygen atoms in total. The van der Waals surface area contributed by atoms with Crippen LogP contribution >= 0.6 is 0 Å². The van der Waals surface area contributed by atoms with Crippen LogP contribution in [0.5, 0.6) is 0 Å². The van der Waals surface area contributed by atoms with Gasteiger partial charge in [0, 0.05) is 38.3 Å². The summed E-state index contributed by atoms with van der Waals surface area (Å²) in [7, 11) is 1.88. The van der Waals surface area contributed by atoms with Gasteiger partial charge in [-0.05, 0) is 34.9 Å². The fourth-order valence-corrected chi connectivity index (χ4v) is 5.27. The highest BCUT2D eigenvalue weighted by Gasteiger charge is 2.30. The number of ether oxygens (including phenoxy) is 1. The number of nitrogens with one attached hydrogen (secondary N) is 2. The summed E-state index contributed by atoms with van der Waals surface area (Å²) in [5.41, 5.74) is 5.49. The minimum absolute atomic E-state index is 0.0707. The number of benzene rings is 3.